The van der Waals surface area contributed by atoms with Crippen LogP contribution in [0.4, 0.5) is 0 Å². The molecule has 0 aliphatic carbocycles. The fourth-order valence-electron chi connectivity index (χ4n) is 8.33. The van der Waals surface area contributed by atoms with Crippen molar-refractivity contribution in [3.05, 3.63) is 57.7 Å². The van der Waals surface area contributed by atoms with E-state index < -0.39 is 0 Å². The van der Waals surface area contributed by atoms with E-state index in [1.54, 1.807) is 9.36 Å². The van der Waals surface area contributed by atoms with E-state index in [1.807, 2.05) is 48.8 Å². The van der Waals surface area contributed by atoms with E-state index in [1.165, 1.54) is 38.5 Å². The van der Waals surface area contributed by atoms with Crippen LogP contribution in [0.1, 0.15) is 196 Å². The lowest BCUT2D eigenvalue weighted by Crippen LogP contribution is -2.09. The third kappa shape index (κ3) is 19.2. The summed E-state index contributed by atoms with van der Waals surface area (Å²) in [5, 5.41) is 19.1. The van der Waals surface area contributed by atoms with Crippen LogP contribution < -0.4 is 28.4 Å². The number of halogens is 2. The van der Waals surface area contributed by atoms with Gasteiger partial charge in [0.2, 0.25) is 0 Å². The molecule has 0 saturated heterocycles. The van der Waals surface area contributed by atoms with Gasteiger partial charge < -0.3 is 28.4 Å². The molecule has 0 aliphatic rings. The molecule has 3 aromatic carbocycles. The summed E-state index contributed by atoms with van der Waals surface area (Å²) in [4.78, 5) is 0. The predicted octanol–water partition coefficient (Wildman–Crippen LogP) is 17.5. The van der Waals surface area contributed by atoms with Gasteiger partial charge in [0.15, 0.2) is 0 Å². The van der Waals surface area contributed by atoms with Crippen molar-refractivity contribution in [3.8, 4) is 68.4 Å². The highest BCUT2D eigenvalue weighted by atomic mass is 79.9. The molecule has 12 nitrogen and oxygen atoms in total. The summed E-state index contributed by atoms with van der Waals surface area (Å²) >= 11 is 7.64. The second-order valence-electron chi connectivity index (χ2n) is 18.9. The number of ether oxygens (including phenoxy) is 6. The van der Waals surface area contributed by atoms with Crippen LogP contribution in [0.3, 0.4) is 0 Å². The van der Waals surface area contributed by atoms with E-state index >= 15 is 0 Å². The molecule has 72 heavy (non-hydrogen) atoms. The van der Waals surface area contributed by atoms with Gasteiger partial charge in [-0.3, -0.25) is 0 Å². The van der Waals surface area contributed by atoms with E-state index in [0.29, 0.717) is 85.4 Å². The van der Waals surface area contributed by atoms with Crippen molar-refractivity contribution in [1.29, 1.82) is 0 Å². The SMILES string of the molecule is CCCCCCOc1cc(OCCCCCC)c(-c2cn(-c3cc(-n4cc(-c5cc(Br)c(OCCCCCC)cc5OCCCCCC)nn4)c(OCCCCCC)cc3OCCCCCC)nn2)cc1Br. The molecule has 2 aromatic heterocycles. The van der Waals surface area contributed by atoms with Crippen LogP contribution in [0.2, 0.25) is 0 Å². The average molecular weight is 1120 g/mol. The Kier molecular flexibility index (Phi) is 27.9. The van der Waals surface area contributed by atoms with Crippen molar-refractivity contribution in [2.24, 2.45) is 0 Å². The van der Waals surface area contributed by atoms with Crippen molar-refractivity contribution < 1.29 is 28.4 Å². The summed E-state index contributed by atoms with van der Waals surface area (Å²) in [6.45, 7) is 16.9. The molecule has 0 bridgehead atoms. The number of aromatic nitrogens is 6. The van der Waals surface area contributed by atoms with Gasteiger partial charge in [-0.1, -0.05) is 168 Å². The quantitative estimate of drug-likeness (QED) is 0.0351. The minimum absolute atomic E-state index is 0.550. The maximum absolute atomic E-state index is 6.66. The molecule has 0 saturated carbocycles. The minimum atomic E-state index is 0.550. The lowest BCUT2D eigenvalue weighted by atomic mass is 10.1. The average Bonchev–Trinajstić information content (AvgIpc) is 4.09. The predicted molar refractivity (Wildman–Crippen MR) is 300 cm³/mol. The molecule has 14 heteroatoms. The first kappa shape index (κ1) is 58.6. The van der Waals surface area contributed by atoms with Crippen LogP contribution in [0.5, 0.6) is 34.5 Å². The topological polar surface area (TPSA) is 117 Å². The smallest absolute Gasteiger partial charge is 0.148 e. The molecule has 2 heterocycles. The summed E-state index contributed by atoms with van der Waals surface area (Å²) < 4.78 is 44.2. The highest BCUT2D eigenvalue weighted by Crippen LogP contribution is 2.42. The van der Waals surface area contributed by atoms with Gasteiger partial charge in [-0.15, -0.1) is 10.2 Å². The summed E-state index contributed by atoms with van der Waals surface area (Å²) in [5.41, 5.74) is 4.35. The van der Waals surface area contributed by atoms with Gasteiger partial charge in [-0.25, -0.2) is 9.36 Å². The van der Waals surface area contributed by atoms with Gasteiger partial charge in [0, 0.05) is 29.3 Å². The van der Waals surface area contributed by atoms with Gasteiger partial charge in [-0.2, -0.15) is 0 Å². The largest absolute Gasteiger partial charge is 0.493 e. The molecular formula is C58H86Br2N6O6. The second-order valence-corrected chi connectivity index (χ2v) is 20.6. The summed E-state index contributed by atoms with van der Waals surface area (Å²) in [6.07, 6.45) is 30.4. The molecule has 0 atom stereocenters. The Morgan fingerprint density at radius 3 is 0.917 bits per heavy atom. The molecule has 5 rings (SSSR count). The van der Waals surface area contributed by atoms with E-state index in [4.69, 9.17) is 49.0 Å². The number of nitrogens with zero attached hydrogens (tertiary/aromatic N) is 6. The zero-order chi connectivity index (χ0) is 51.2. The van der Waals surface area contributed by atoms with E-state index in [0.717, 1.165) is 147 Å². The Hall–Kier alpha value is -4.30. The van der Waals surface area contributed by atoms with Gasteiger partial charge in [0.05, 0.1) is 61.0 Å². The molecule has 0 unspecified atom stereocenters. The monoisotopic (exact) mass is 1120 g/mol. The molecule has 398 valence electrons. The highest BCUT2D eigenvalue weighted by molar-refractivity contribution is 9.11. The summed E-state index contributed by atoms with van der Waals surface area (Å²) in [7, 11) is 0. The second kappa shape index (κ2) is 34.2. The fraction of sp³-hybridized carbons (Fsp3) is 0.621. The van der Waals surface area contributed by atoms with Crippen molar-refractivity contribution in [3.63, 3.8) is 0 Å². The Bertz CT molecular complexity index is 2130. The standard InChI is InChI=1S/C58H86Br2N6O6/c1-7-13-19-25-31-67-53-40-55(69-33-27-21-15-9-3)47(59)37-45(53)49-43-65(63-61-49)51-39-52(58(72-36-30-24-18-12-6)42-57(51)71-35-29-23-17-11-5)66-44-50(62-64-66)46-38-48(60)56(70-34-28-22-16-10-4)41-54(46)68-32-26-20-14-8-2/h37-44H,7-36H2,1-6H3. The number of hydrogen-bond acceptors (Lipinski definition) is 10. The molecule has 5 aromatic rings. The first-order valence-corrected chi connectivity index (χ1v) is 29.4. The molecule has 0 aliphatic heterocycles. The minimum Gasteiger partial charge on any atom is -0.493 e. The molecule has 0 N–H and O–H groups in total. The van der Waals surface area contributed by atoms with E-state index in [2.05, 4.69) is 73.4 Å². The van der Waals surface area contributed by atoms with Crippen molar-refractivity contribution >= 4 is 31.9 Å². The fourth-order valence-corrected chi connectivity index (χ4v) is 9.25. The first-order chi connectivity index (χ1) is 35.3. The van der Waals surface area contributed by atoms with E-state index in [-0.39, 0.29) is 0 Å². The summed E-state index contributed by atoms with van der Waals surface area (Å²) in [5.74, 6) is 4.22. The molecule has 0 amide bonds. The normalized spacial score (nSPS) is 11.3. The number of rotatable bonds is 40. The van der Waals surface area contributed by atoms with Crippen LogP contribution in [0, 0.1) is 0 Å². The van der Waals surface area contributed by atoms with Crippen LogP contribution in [0.15, 0.2) is 57.7 Å². The summed E-state index contributed by atoms with van der Waals surface area (Å²) in [6, 6.07) is 12.1. The zero-order valence-electron chi connectivity index (χ0n) is 44.7. The molecule has 0 spiro atoms. The lowest BCUT2D eigenvalue weighted by molar-refractivity contribution is 0.288. The Morgan fingerprint density at radius 2 is 0.611 bits per heavy atom. The maximum Gasteiger partial charge on any atom is 0.148 e. The van der Waals surface area contributed by atoms with Gasteiger partial charge in [-0.05, 0) is 88.6 Å². The maximum atomic E-state index is 6.66. The van der Waals surface area contributed by atoms with Gasteiger partial charge in [0.1, 0.15) is 57.3 Å². The first-order valence-electron chi connectivity index (χ1n) is 27.8. The van der Waals surface area contributed by atoms with Gasteiger partial charge >= 0.3 is 0 Å². The number of benzene rings is 3. The Labute approximate surface area is 449 Å². The van der Waals surface area contributed by atoms with Crippen LogP contribution in [-0.2, 0) is 0 Å². The van der Waals surface area contributed by atoms with Crippen molar-refractivity contribution in [2.45, 2.75) is 196 Å². The van der Waals surface area contributed by atoms with Crippen LogP contribution >= 0.6 is 31.9 Å². The van der Waals surface area contributed by atoms with E-state index in [9.17, 15) is 0 Å². The zero-order valence-corrected chi connectivity index (χ0v) is 47.9. The Balaban J connectivity index is 1.57. The third-order valence-corrected chi connectivity index (χ3v) is 13.9. The molecular weight excluding hydrogens is 1040 g/mol. The van der Waals surface area contributed by atoms with Crippen LogP contribution in [-0.4, -0.2) is 69.6 Å². The lowest BCUT2D eigenvalue weighted by Gasteiger charge is -2.17. The molecule has 0 radical (unpaired) electrons. The highest BCUT2D eigenvalue weighted by Gasteiger charge is 2.23. The molecule has 0 fully saturated rings. The Morgan fingerprint density at radius 1 is 0.333 bits per heavy atom. The third-order valence-electron chi connectivity index (χ3n) is 12.7. The number of unbranched alkanes of at least 4 members (excludes halogenated alkanes) is 18. The van der Waals surface area contributed by atoms with Crippen molar-refractivity contribution in [2.75, 3.05) is 39.6 Å². The number of hydrogen-bond donors (Lipinski definition) is 0. The van der Waals surface area contributed by atoms with Crippen LogP contribution in [0.25, 0.3) is 33.9 Å². The van der Waals surface area contributed by atoms with Gasteiger partial charge in [0.25, 0.3) is 0 Å². The van der Waals surface area contributed by atoms with Crippen molar-refractivity contribution in [1.82, 2.24) is 30.0 Å².